The number of hydrogen-bond donors (Lipinski definition) is 2. The van der Waals surface area contributed by atoms with Crippen LogP contribution >= 0.6 is 0 Å². The van der Waals surface area contributed by atoms with E-state index in [0.29, 0.717) is 12.5 Å². The van der Waals surface area contributed by atoms with E-state index in [1.165, 1.54) is 0 Å². The minimum atomic E-state index is 0.0127. The molecule has 1 aromatic heterocycles. The number of nitrogens with zero attached hydrogens (tertiary/aromatic N) is 3. The van der Waals surface area contributed by atoms with Gasteiger partial charge in [-0.05, 0) is 6.92 Å². The quantitative estimate of drug-likeness (QED) is 0.694. The van der Waals surface area contributed by atoms with Crippen molar-refractivity contribution in [1.29, 1.82) is 0 Å². The van der Waals surface area contributed by atoms with E-state index in [4.69, 9.17) is 10.8 Å². The Morgan fingerprint density at radius 3 is 2.50 bits per heavy atom. The van der Waals surface area contributed by atoms with E-state index in [1.807, 2.05) is 18.9 Å². The third kappa shape index (κ3) is 2.40. The fraction of sp³-hybridized carbons (Fsp3) is 0.556. The molecule has 1 heterocycles. The highest BCUT2D eigenvalue weighted by molar-refractivity contribution is 5.29. The molecule has 0 amide bonds. The molecule has 5 heteroatoms. The summed E-state index contributed by atoms with van der Waals surface area (Å²) in [5.41, 5.74) is 6.33. The molecule has 1 atom stereocenters. The molecule has 14 heavy (non-hydrogen) atoms. The Balaban J connectivity index is 2.75. The van der Waals surface area contributed by atoms with Gasteiger partial charge in [-0.2, -0.15) is 0 Å². The summed E-state index contributed by atoms with van der Waals surface area (Å²) in [5.74, 6) is 0.601. The van der Waals surface area contributed by atoms with Crippen LogP contribution in [0.25, 0.3) is 0 Å². The highest BCUT2D eigenvalue weighted by atomic mass is 16.3. The van der Waals surface area contributed by atoms with Gasteiger partial charge in [0.1, 0.15) is 0 Å². The number of nitrogens with two attached hydrogens (primary N) is 1. The largest absolute Gasteiger partial charge is 0.394 e. The minimum Gasteiger partial charge on any atom is -0.394 e. The number of rotatable bonds is 4. The summed E-state index contributed by atoms with van der Waals surface area (Å²) in [7, 11) is 1.85. The summed E-state index contributed by atoms with van der Waals surface area (Å²) < 4.78 is 0. The molecule has 1 aromatic rings. The predicted molar refractivity (Wildman–Crippen MR) is 54.9 cm³/mol. The lowest BCUT2D eigenvalue weighted by Crippen LogP contribution is -2.33. The molecule has 0 aromatic carbocycles. The molecule has 0 spiro atoms. The molecule has 0 aliphatic heterocycles. The van der Waals surface area contributed by atoms with Crippen LogP contribution in [0, 0.1) is 0 Å². The zero-order valence-electron chi connectivity index (χ0n) is 8.51. The first kappa shape index (κ1) is 10.9. The van der Waals surface area contributed by atoms with Crippen molar-refractivity contribution in [3.8, 4) is 0 Å². The second-order valence-electron chi connectivity index (χ2n) is 3.24. The van der Waals surface area contributed by atoms with Crippen LogP contribution in [0.1, 0.15) is 12.5 Å². The van der Waals surface area contributed by atoms with Crippen LogP contribution in [0.4, 0.5) is 5.95 Å². The molecule has 0 aliphatic carbocycles. The first-order valence-corrected chi connectivity index (χ1v) is 4.53. The zero-order chi connectivity index (χ0) is 10.6. The van der Waals surface area contributed by atoms with Crippen molar-refractivity contribution in [2.45, 2.75) is 19.5 Å². The maximum atomic E-state index is 8.95. The van der Waals surface area contributed by atoms with E-state index in [9.17, 15) is 0 Å². The van der Waals surface area contributed by atoms with Gasteiger partial charge in [0.2, 0.25) is 5.95 Å². The van der Waals surface area contributed by atoms with E-state index < -0.39 is 0 Å². The predicted octanol–water partition coefficient (Wildman–Crippen LogP) is -0.248. The van der Waals surface area contributed by atoms with Gasteiger partial charge in [-0.3, -0.25) is 0 Å². The maximum absolute atomic E-state index is 8.95. The van der Waals surface area contributed by atoms with Crippen molar-refractivity contribution in [3.05, 3.63) is 18.0 Å². The molecule has 5 nitrogen and oxygen atoms in total. The molecule has 0 saturated carbocycles. The first-order chi connectivity index (χ1) is 6.69. The Hall–Kier alpha value is -1.20. The summed E-state index contributed by atoms with van der Waals surface area (Å²) >= 11 is 0. The number of hydrogen-bond acceptors (Lipinski definition) is 5. The van der Waals surface area contributed by atoms with Gasteiger partial charge in [0, 0.05) is 31.5 Å². The topological polar surface area (TPSA) is 75.3 Å². The van der Waals surface area contributed by atoms with E-state index >= 15 is 0 Å². The first-order valence-electron chi connectivity index (χ1n) is 4.53. The van der Waals surface area contributed by atoms with Gasteiger partial charge in [-0.25, -0.2) is 9.97 Å². The van der Waals surface area contributed by atoms with Crippen molar-refractivity contribution in [1.82, 2.24) is 9.97 Å². The molecule has 3 N–H and O–H groups in total. The molecule has 1 unspecified atom stereocenters. The van der Waals surface area contributed by atoms with Gasteiger partial charge in [0.15, 0.2) is 0 Å². The van der Waals surface area contributed by atoms with Gasteiger partial charge >= 0.3 is 0 Å². The SMILES string of the molecule is CC(CO)N(C)c1ncc(CN)cn1. The van der Waals surface area contributed by atoms with Gasteiger partial charge < -0.3 is 15.7 Å². The van der Waals surface area contributed by atoms with Crippen LogP contribution in [-0.4, -0.2) is 34.8 Å². The van der Waals surface area contributed by atoms with E-state index in [0.717, 1.165) is 5.56 Å². The lowest BCUT2D eigenvalue weighted by molar-refractivity contribution is 0.269. The summed E-state index contributed by atoms with van der Waals surface area (Å²) in [5, 5.41) is 8.95. The third-order valence-electron chi connectivity index (χ3n) is 2.17. The smallest absolute Gasteiger partial charge is 0.225 e. The molecule has 0 radical (unpaired) electrons. The van der Waals surface area contributed by atoms with Crippen molar-refractivity contribution >= 4 is 5.95 Å². The Morgan fingerprint density at radius 2 is 2.07 bits per heavy atom. The number of aliphatic hydroxyl groups excluding tert-OH is 1. The molecular weight excluding hydrogens is 180 g/mol. The fourth-order valence-corrected chi connectivity index (χ4v) is 0.955. The van der Waals surface area contributed by atoms with Crippen molar-refractivity contribution in [3.63, 3.8) is 0 Å². The summed E-state index contributed by atoms with van der Waals surface area (Å²) in [4.78, 5) is 10.1. The molecule has 0 aliphatic rings. The maximum Gasteiger partial charge on any atom is 0.225 e. The average Bonchev–Trinajstić information content (AvgIpc) is 2.27. The van der Waals surface area contributed by atoms with Gasteiger partial charge in [0.05, 0.1) is 12.6 Å². The van der Waals surface area contributed by atoms with Gasteiger partial charge in [-0.1, -0.05) is 0 Å². The van der Waals surface area contributed by atoms with Crippen molar-refractivity contribution in [2.24, 2.45) is 5.73 Å². The third-order valence-corrected chi connectivity index (χ3v) is 2.17. The van der Waals surface area contributed by atoms with E-state index in [-0.39, 0.29) is 12.6 Å². The normalized spacial score (nSPS) is 12.6. The number of aliphatic hydroxyl groups is 1. The Bertz CT molecular complexity index is 275. The summed E-state index contributed by atoms with van der Waals surface area (Å²) in [6.07, 6.45) is 3.39. The van der Waals surface area contributed by atoms with E-state index in [2.05, 4.69) is 9.97 Å². The van der Waals surface area contributed by atoms with Crippen LogP contribution < -0.4 is 10.6 Å². The molecule has 0 fully saturated rings. The molecule has 0 saturated heterocycles. The summed E-state index contributed by atoms with van der Waals surface area (Å²) in [6.45, 7) is 2.43. The standard InChI is InChI=1S/C9H16N4O/c1-7(6-14)13(2)9-11-4-8(3-10)5-12-9/h4-5,7,14H,3,6,10H2,1-2H3. The average molecular weight is 196 g/mol. The van der Waals surface area contributed by atoms with E-state index in [1.54, 1.807) is 12.4 Å². The molecular formula is C9H16N4O. The highest BCUT2D eigenvalue weighted by Gasteiger charge is 2.10. The second-order valence-corrected chi connectivity index (χ2v) is 3.24. The Kier molecular flexibility index (Phi) is 3.79. The number of aromatic nitrogens is 2. The number of likely N-dealkylation sites (N-methyl/N-ethyl adjacent to an activating group) is 1. The van der Waals surface area contributed by atoms with Crippen LogP contribution in [0.2, 0.25) is 0 Å². The molecule has 78 valence electrons. The lowest BCUT2D eigenvalue weighted by atomic mass is 10.3. The van der Waals surface area contributed by atoms with Crippen LogP contribution in [0.3, 0.4) is 0 Å². The zero-order valence-corrected chi connectivity index (χ0v) is 8.51. The van der Waals surface area contributed by atoms with Gasteiger partial charge in [-0.15, -0.1) is 0 Å². The Labute approximate surface area is 83.6 Å². The molecule has 0 bridgehead atoms. The second kappa shape index (κ2) is 4.88. The van der Waals surface area contributed by atoms with Crippen LogP contribution in [-0.2, 0) is 6.54 Å². The lowest BCUT2D eigenvalue weighted by Gasteiger charge is -2.22. The van der Waals surface area contributed by atoms with Crippen LogP contribution in [0.15, 0.2) is 12.4 Å². The monoisotopic (exact) mass is 196 g/mol. The Morgan fingerprint density at radius 1 is 1.50 bits per heavy atom. The molecule has 1 rings (SSSR count). The minimum absolute atomic E-state index is 0.0127. The fourth-order valence-electron chi connectivity index (χ4n) is 0.955. The van der Waals surface area contributed by atoms with Crippen molar-refractivity contribution < 1.29 is 5.11 Å². The van der Waals surface area contributed by atoms with Crippen LogP contribution in [0.5, 0.6) is 0 Å². The highest BCUT2D eigenvalue weighted by Crippen LogP contribution is 2.07. The van der Waals surface area contributed by atoms with Gasteiger partial charge in [0.25, 0.3) is 0 Å². The number of anilines is 1. The van der Waals surface area contributed by atoms with Crippen molar-refractivity contribution in [2.75, 3.05) is 18.6 Å². The summed E-state index contributed by atoms with van der Waals surface area (Å²) in [6, 6.07) is 0.0127.